The first kappa shape index (κ1) is 21.8. The summed E-state index contributed by atoms with van der Waals surface area (Å²) in [4.78, 5) is 42.0. The van der Waals surface area contributed by atoms with Crippen molar-refractivity contribution in [3.63, 3.8) is 0 Å². The molecule has 1 aromatic carbocycles. The Morgan fingerprint density at radius 3 is 2.42 bits per heavy atom. The molecule has 1 heterocycles. The van der Waals surface area contributed by atoms with Gasteiger partial charge in [0.1, 0.15) is 12.6 Å². The number of ether oxygens (including phenoxy) is 1. The lowest BCUT2D eigenvalue weighted by molar-refractivity contribution is -0.171. The average molecular weight is 432 g/mol. The Morgan fingerprint density at radius 2 is 1.81 bits per heavy atom. The second kappa shape index (κ2) is 10.3. The summed E-state index contributed by atoms with van der Waals surface area (Å²) in [5.74, 6) is -2.36. The summed E-state index contributed by atoms with van der Waals surface area (Å²) >= 11 is 0. The number of likely N-dealkylation sites (N-methyl/N-ethyl adjacent to an activating group) is 1. The van der Waals surface area contributed by atoms with E-state index in [4.69, 9.17) is 6.11 Å². The van der Waals surface area contributed by atoms with Crippen LogP contribution in [0, 0.1) is 0 Å². The predicted molar refractivity (Wildman–Crippen MR) is 116 cm³/mol. The molecule has 2 fully saturated rings. The van der Waals surface area contributed by atoms with Gasteiger partial charge in [-0.25, -0.2) is 9.59 Å². The van der Waals surface area contributed by atoms with Crippen molar-refractivity contribution in [2.24, 2.45) is 0 Å². The van der Waals surface area contributed by atoms with E-state index in [-0.39, 0.29) is 26.2 Å². The van der Waals surface area contributed by atoms with Crippen molar-refractivity contribution in [2.45, 2.75) is 82.5 Å². The molecule has 7 heteroatoms. The third-order valence-electron chi connectivity index (χ3n) is 6.67. The summed E-state index contributed by atoms with van der Waals surface area (Å²) < 4.78 is 13.9. The van der Waals surface area contributed by atoms with Gasteiger partial charge in [0.05, 0.1) is 0 Å². The van der Waals surface area contributed by atoms with Gasteiger partial charge in [0.15, 0.2) is 5.54 Å². The highest BCUT2D eigenvalue weighted by molar-refractivity contribution is 6.08. The van der Waals surface area contributed by atoms with Gasteiger partial charge >= 0.3 is 11.9 Å². The van der Waals surface area contributed by atoms with Crippen molar-refractivity contribution in [2.75, 3.05) is 13.6 Å². The molecule has 0 unspecified atom stereocenters. The summed E-state index contributed by atoms with van der Waals surface area (Å²) in [5, 5.41) is 9.61. The number of amides is 1. The van der Waals surface area contributed by atoms with Crippen LogP contribution in [-0.4, -0.2) is 63.9 Å². The molecule has 1 aliphatic carbocycles. The molecule has 1 aromatic rings. The molecule has 1 amide bonds. The molecule has 1 N–H and O–H groups in total. The van der Waals surface area contributed by atoms with Crippen LogP contribution in [-0.2, 0) is 25.7 Å². The first-order valence-corrected chi connectivity index (χ1v) is 11.2. The Kier molecular flexibility index (Phi) is 7.22. The lowest BCUT2D eigenvalue weighted by Crippen LogP contribution is -2.65. The second-order valence-electron chi connectivity index (χ2n) is 8.74. The smallest absolute Gasteiger partial charge is 0.336 e. The molecule has 0 bridgehead atoms. The average Bonchev–Trinajstić information content (AvgIpc) is 3.15. The van der Waals surface area contributed by atoms with Gasteiger partial charge < -0.3 is 14.7 Å². The van der Waals surface area contributed by atoms with Gasteiger partial charge in [-0.15, -0.1) is 0 Å². The molecule has 3 rings (SSSR count). The lowest BCUT2D eigenvalue weighted by Gasteiger charge is -2.42. The Morgan fingerprint density at radius 1 is 1.13 bits per heavy atom. The van der Waals surface area contributed by atoms with Crippen molar-refractivity contribution in [3.05, 3.63) is 35.9 Å². The van der Waals surface area contributed by atoms with Crippen LogP contribution in [0.15, 0.2) is 30.3 Å². The van der Waals surface area contributed by atoms with Crippen LogP contribution in [0.5, 0.6) is 0 Å². The summed E-state index contributed by atoms with van der Waals surface area (Å²) in [5.41, 5.74) is -0.948. The van der Waals surface area contributed by atoms with Crippen LogP contribution in [0.25, 0.3) is 0 Å². The number of carboxylic acid groups (broad SMARTS) is 1. The number of likely N-dealkylation sites (tertiary alicyclic amines) is 1. The fraction of sp³-hybridized carbons (Fsp3) is 0.625. The first-order chi connectivity index (χ1) is 15.4. The molecule has 170 valence electrons. The number of carboxylic acids is 1. The number of carbonyl (C=O) groups is 3. The third kappa shape index (κ3) is 5.09. The summed E-state index contributed by atoms with van der Waals surface area (Å²) in [6, 6.07) is 8.17. The Bertz CT molecular complexity index is 797. The summed E-state index contributed by atoms with van der Waals surface area (Å²) in [6.45, 7) is 1.81. The van der Waals surface area contributed by atoms with Gasteiger partial charge in [0.25, 0.3) is 5.91 Å². The molecular formula is C24H34N2O5. The molecule has 1 aliphatic heterocycles. The van der Waals surface area contributed by atoms with E-state index in [2.05, 4.69) is 0 Å². The van der Waals surface area contributed by atoms with E-state index in [1.807, 2.05) is 30.3 Å². The minimum atomic E-state index is -1.75. The van der Waals surface area contributed by atoms with Gasteiger partial charge in [-0.2, -0.15) is 0 Å². The van der Waals surface area contributed by atoms with Crippen molar-refractivity contribution in [1.29, 1.82) is 0 Å². The number of hydrogen-bond donors (Lipinski definition) is 1. The van der Waals surface area contributed by atoms with Crippen LogP contribution < -0.4 is 0 Å². The minimum Gasteiger partial charge on any atom is -0.480 e. The van der Waals surface area contributed by atoms with E-state index in [9.17, 15) is 19.5 Å². The number of hydrogen-bond acceptors (Lipinski definition) is 5. The van der Waals surface area contributed by atoms with Gasteiger partial charge in [-0.1, -0.05) is 56.0 Å². The number of benzene rings is 1. The quantitative estimate of drug-likeness (QED) is 0.405. The molecule has 0 spiro atoms. The molecular weight excluding hydrogens is 396 g/mol. The molecule has 0 radical (unpaired) electrons. The number of nitrogens with zero attached hydrogens (tertiary/aromatic N) is 2. The zero-order chi connectivity index (χ0) is 23.1. The van der Waals surface area contributed by atoms with E-state index in [1.165, 1.54) is 11.8 Å². The van der Waals surface area contributed by atoms with Crippen molar-refractivity contribution >= 4 is 17.8 Å². The van der Waals surface area contributed by atoms with E-state index in [1.54, 1.807) is 4.90 Å². The van der Waals surface area contributed by atoms with E-state index < -0.39 is 29.4 Å². The maximum Gasteiger partial charge on any atom is 0.336 e. The fourth-order valence-corrected chi connectivity index (χ4v) is 4.67. The lowest BCUT2D eigenvalue weighted by atomic mass is 9.93. The van der Waals surface area contributed by atoms with Gasteiger partial charge in [0.2, 0.25) is 0 Å². The first-order valence-electron chi connectivity index (χ1n) is 11.9. The standard InChI is InChI=1S/C24H34N2O5/c1-24(25(2)19-13-8-3-4-9-14-19,22(29)26-16-10-15-20(26)21(27)28)23(30)31-17-18-11-6-5-7-12-18/h5-7,11-12,19-20H,3-4,8-10,13-17H2,1-2H3,(H,27,28)/t20-,24-/m0/s1/i2D. The van der Waals surface area contributed by atoms with E-state index >= 15 is 0 Å². The molecule has 2 aliphatic rings. The SMILES string of the molecule is [2H]CN(C1CCCCCC1)[C@](C)(C(=O)OCc1ccccc1)C(=O)N1CCC[C@H]1C(=O)O. The Hall–Kier alpha value is -2.41. The molecule has 31 heavy (non-hydrogen) atoms. The van der Waals surface area contributed by atoms with E-state index in [0.29, 0.717) is 12.8 Å². The topological polar surface area (TPSA) is 87.2 Å². The predicted octanol–water partition coefficient (Wildman–Crippen LogP) is 3.22. The van der Waals surface area contributed by atoms with Gasteiger partial charge in [0, 0.05) is 14.0 Å². The van der Waals surface area contributed by atoms with Crippen LogP contribution in [0.2, 0.25) is 0 Å². The number of carbonyl (C=O) groups excluding carboxylic acids is 2. The van der Waals surface area contributed by atoms with Crippen molar-refractivity contribution < 1.29 is 25.6 Å². The monoisotopic (exact) mass is 431 g/mol. The van der Waals surface area contributed by atoms with Gasteiger partial charge in [-0.05, 0) is 45.2 Å². The zero-order valence-electron chi connectivity index (χ0n) is 19.3. The maximum absolute atomic E-state index is 13.8. The Labute approximate surface area is 185 Å². The molecule has 0 aromatic heterocycles. The summed E-state index contributed by atoms with van der Waals surface area (Å²) in [7, 11) is -0.237. The third-order valence-corrected chi connectivity index (χ3v) is 6.67. The normalized spacial score (nSPS) is 22.5. The van der Waals surface area contributed by atoms with Crippen molar-refractivity contribution in [1.82, 2.24) is 9.80 Å². The Balaban J connectivity index is 1.91. The van der Waals surface area contributed by atoms with E-state index in [0.717, 1.165) is 44.1 Å². The highest BCUT2D eigenvalue weighted by Gasteiger charge is 2.53. The number of esters is 1. The number of aliphatic carboxylic acids is 1. The highest BCUT2D eigenvalue weighted by atomic mass is 16.5. The van der Waals surface area contributed by atoms with Crippen LogP contribution in [0.1, 0.15) is 65.2 Å². The fourth-order valence-electron chi connectivity index (χ4n) is 4.67. The molecule has 7 nitrogen and oxygen atoms in total. The van der Waals surface area contributed by atoms with Crippen LogP contribution in [0.3, 0.4) is 0 Å². The largest absolute Gasteiger partial charge is 0.480 e. The second-order valence-corrected chi connectivity index (χ2v) is 8.74. The maximum atomic E-state index is 13.8. The van der Waals surface area contributed by atoms with Crippen molar-refractivity contribution in [3.8, 4) is 0 Å². The van der Waals surface area contributed by atoms with Gasteiger partial charge in [-0.3, -0.25) is 9.69 Å². The molecule has 1 saturated heterocycles. The zero-order valence-corrected chi connectivity index (χ0v) is 18.3. The molecule has 1 saturated carbocycles. The van der Waals surface area contributed by atoms with Crippen LogP contribution >= 0.6 is 0 Å². The number of rotatable bonds is 7. The minimum absolute atomic E-state index is 0.0153. The molecule has 2 atom stereocenters. The highest BCUT2D eigenvalue weighted by Crippen LogP contribution is 2.31. The summed E-state index contributed by atoms with van der Waals surface area (Å²) in [6.07, 6.45) is 6.68. The van der Waals surface area contributed by atoms with Crippen LogP contribution in [0.4, 0.5) is 0 Å².